The van der Waals surface area contributed by atoms with Gasteiger partial charge in [0, 0.05) is 31.5 Å². The average Bonchev–Trinajstić information content (AvgIpc) is 3.08. The van der Waals surface area contributed by atoms with Crippen LogP contribution in [0.15, 0.2) is 24.5 Å². The number of likely N-dealkylation sites (tertiary alicyclic amines) is 1. The molecule has 2 aliphatic rings. The Bertz CT molecular complexity index is 634. The standard InChI is InChI=1S/C16H21ClN4/c17-13-1-4-16-19-14(11-21(16)10-13)8-18-7-12-5-6-20(9-12)15-2-3-15/h1,4,10-12,15,18H,2-3,5-9H2. The highest BCUT2D eigenvalue weighted by Crippen LogP contribution is 2.31. The molecule has 0 bridgehead atoms. The molecule has 4 nitrogen and oxygen atoms in total. The van der Waals surface area contributed by atoms with Gasteiger partial charge in [-0.2, -0.15) is 0 Å². The van der Waals surface area contributed by atoms with E-state index in [4.69, 9.17) is 11.6 Å². The van der Waals surface area contributed by atoms with Crippen LogP contribution in [0, 0.1) is 5.92 Å². The molecule has 1 saturated carbocycles. The molecule has 0 spiro atoms. The highest BCUT2D eigenvalue weighted by molar-refractivity contribution is 6.30. The van der Waals surface area contributed by atoms with Crippen LogP contribution in [0.25, 0.3) is 5.65 Å². The fourth-order valence-electron chi connectivity index (χ4n) is 3.31. The van der Waals surface area contributed by atoms with Crippen molar-refractivity contribution in [2.75, 3.05) is 19.6 Å². The van der Waals surface area contributed by atoms with Crippen LogP contribution in [0.4, 0.5) is 0 Å². The second-order valence-corrected chi connectivity index (χ2v) is 6.79. The fourth-order valence-corrected chi connectivity index (χ4v) is 3.48. The zero-order chi connectivity index (χ0) is 14.2. The minimum absolute atomic E-state index is 0.741. The van der Waals surface area contributed by atoms with Gasteiger partial charge in [-0.15, -0.1) is 0 Å². The number of aromatic nitrogens is 2. The first-order chi connectivity index (χ1) is 10.3. The molecule has 1 N–H and O–H groups in total. The Morgan fingerprint density at radius 2 is 2.14 bits per heavy atom. The Morgan fingerprint density at radius 1 is 1.24 bits per heavy atom. The summed E-state index contributed by atoms with van der Waals surface area (Å²) >= 11 is 5.99. The topological polar surface area (TPSA) is 32.6 Å². The summed E-state index contributed by atoms with van der Waals surface area (Å²) in [5.41, 5.74) is 2.03. The van der Waals surface area contributed by atoms with E-state index < -0.39 is 0 Å². The summed E-state index contributed by atoms with van der Waals surface area (Å²) in [6, 6.07) is 4.75. The Balaban J connectivity index is 1.29. The predicted octanol–water partition coefficient (Wildman–Crippen LogP) is 2.56. The van der Waals surface area contributed by atoms with Crippen LogP contribution in [0.3, 0.4) is 0 Å². The van der Waals surface area contributed by atoms with E-state index >= 15 is 0 Å². The molecular formula is C16H21ClN4. The van der Waals surface area contributed by atoms with E-state index in [1.807, 2.05) is 22.7 Å². The first-order valence-electron chi connectivity index (χ1n) is 7.86. The fraction of sp³-hybridized carbons (Fsp3) is 0.562. The number of fused-ring (bicyclic) bond motifs is 1. The number of nitrogens with zero attached hydrogens (tertiary/aromatic N) is 3. The van der Waals surface area contributed by atoms with Crippen molar-refractivity contribution in [3.63, 3.8) is 0 Å². The van der Waals surface area contributed by atoms with E-state index in [9.17, 15) is 0 Å². The van der Waals surface area contributed by atoms with Crippen molar-refractivity contribution in [3.8, 4) is 0 Å². The monoisotopic (exact) mass is 304 g/mol. The van der Waals surface area contributed by atoms with Crippen LogP contribution in [-0.2, 0) is 6.54 Å². The predicted molar refractivity (Wildman–Crippen MR) is 84.6 cm³/mol. The summed E-state index contributed by atoms with van der Waals surface area (Å²) < 4.78 is 1.99. The van der Waals surface area contributed by atoms with Crippen molar-refractivity contribution in [2.45, 2.75) is 31.8 Å². The smallest absolute Gasteiger partial charge is 0.137 e. The molecule has 21 heavy (non-hydrogen) atoms. The lowest BCUT2D eigenvalue weighted by Gasteiger charge is -2.14. The molecule has 0 radical (unpaired) electrons. The van der Waals surface area contributed by atoms with E-state index in [1.165, 1.54) is 32.4 Å². The van der Waals surface area contributed by atoms with Crippen molar-refractivity contribution < 1.29 is 0 Å². The normalized spacial score (nSPS) is 23.2. The third kappa shape index (κ3) is 3.07. The summed E-state index contributed by atoms with van der Waals surface area (Å²) in [6.07, 6.45) is 8.13. The number of pyridine rings is 1. The summed E-state index contributed by atoms with van der Waals surface area (Å²) in [7, 11) is 0. The molecule has 1 saturated heterocycles. The molecular weight excluding hydrogens is 284 g/mol. The zero-order valence-corrected chi connectivity index (χ0v) is 12.9. The maximum absolute atomic E-state index is 5.99. The summed E-state index contributed by atoms with van der Waals surface area (Å²) in [6.45, 7) is 4.50. The second kappa shape index (κ2) is 5.59. The van der Waals surface area contributed by atoms with E-state index in [0.29, 0.717) is 0 Å². The van der Waals surface area contributed by atoms with Gasteiger partial charge in [0.2, 0.25) is 0 Å². The van der Waals surface area contributed by atoms with E-state index in [0.717, 1.165) is 41.4 Å². The highest BCUT2D eigenvalue weighted by atomic mass is 35.5. The van der Waals surface area contributed by atoms with Crippen LogP contribution >= 0.6 is 11.6 Å². The van der Waals surface area contributed by atoms with Gasteiger partial charge in [-0.05, 0) is 50.4 Å². The Morgan fingerprint density at radius 3 is 3.00 bits per heavy atom. The van der Waals surface area contributed by atoms with Gasteiger partial charge in [0.1, 0.15) is 5.65 Å². The number of halogens is 1. The van der Waals surface area contributed by atoms with Gasteiger partial charge in [0.25, 0.3) is 0 Å². The minimum atomic E-state index is 0.741. The lowest BCUT2D eigenvalue weighted by Crippen LogP contribution is -2.27. The van der Waals surface area contributed by atoms with Gasteiger partial charge in [0.05, 0.1) is 10.7 Å². The number of hydrogen-bond donors (Lipinski definition) is 1. The molecule has 112 valence electrons. The summed E-state index contributed by atoms with van der Waals surface area (Å²) in [4.78, 5) is 7.27. The van der Waals surface area contributed by atoms with Crippen molar-refractivity contribution in [3.05, 3.63) is 35.2 Å². The maximum atomic E-state index is 5.99. The summed E-state index contributed by atoms with van der Waals surface area (Å²) in [5, 5.41) is 4.30. The molecule has 2 fully saturated rings. The third-order valence-electron chi connectivity index (χ3n) is 4.58. The van der Waals surface area contributed by atoms with Crippen molar-refractivity contribution in [2.24, 2.45) is 5.92 Å². The van der Waals surface area contributed by atoms with Crippen molar-refractivity contribution in [1.29, 1.82) is 0 Å². The molecule has 2 aromatic heterocycles. The van der Waals surface area contributed by atoms with Gasteiger partial charge in [-0.1, -0.05) is 11.6 Å². The lowest BCUT2D eigenvalue weighted by atomic mass is 10.1. The molecule has 0 amide bonds. The van der Waals surface area contributed by atoms with Crippen molar-refractivity contribution >= 4 is 17.2 Å². The Hall–Kier alpha value is -1.10. The molecule has 2 aromatic rings. The van der Waals surface area contributed by atoms with Gasteiger partial charge in [-0.25, -0.2) is 4.98 Å². The van der Waals surface area contributed by atoms with Gasteiger partial charge >= 0.3 is 0 Å². The first-order valence-corrected chi connectivity index (χ1v) is 8.23. The molecule has 1 unspecified atom stereocenters. The average molecular weight is 305 g/mol. The van der Waals surface area contributed by atoms with Gasteiger partial charge < -0.3 is 14.6 Å². The minimum Gasteiger partial charge on any atom is -0.311 e. The number of hydrogen-bond acceptors (Lipinski definition) is 3. The van der Waals surface area contributed by atoms with Crippen LogP contribution in [0.2, 0.25) is 5.02 Å². The van der Waals surface area contributed by atoms with Crippen LogP contribution < -0.4 is 5.32 Å². The number of imidazole rings is 1. The molecule has 1 aliphatic carbocycles. The molecule has 1 atom stereocenters. The molecule has 4 rings (SSSR count). The maximum Gasteiger partial charge on any atom is 0.137 e. The quantitative estimate of drug-likeness (QED) is 0.921. The second-order valence-electron chi connectivity index (χ2n) is 6.36. The van der Waals surface area contributed by atoms with Gasteiger partial charge in [-0.3, -0.25) is 0 Å². The van der Waals surface area contributed by atoms with Crippen molar-refractivity contribution in [1.82, 2.24) is 19.6 Å². The first kappa shape index (κ1) is 13.6. The Labute approximate surface area is 130 Å². The van der Waals surface area contributed by atoms with Gasteiger partial charge in [0.15, 0.2) is 0 Å². The van der Waals surface area contributed by atoms with E-state index in [2.05, 4.69) is 21.4 Å². The Kier molecular flexibility index (Phi) is 3.61. The SMILES string of the molecule is Clc1ccc2nc(CNCC3CCN(C4CC4)C3)cn2c1. The summed E-state index contributed by atoms with van der Waals surface area (Å²) in [5.74, 6) is 0.803. The molecule has 0 aromatic carbocycles. The molecule has 1 aliphatic heterocycles. The lowest BCUT2D eigenvalue weighted by molar-refractivity contribution is 0.311. The molecule has 3 heterocycles. The van der Waals surface area contributed by atoms with Crippen LogP contribution in [0.5, 0.6) is 0 Å². The zero-order valence-electron chi connectivity index (χ0n) is 12.1. The van der Waals surface area contributed by atoms with Crippen LogP contribution in [-0.4, -0.2) is 40.0 Å². The third-order valence-corrected chi connectivity index (χ3v) is 4.81. The van der Waals surface area contributed by atoms with E-state index in [1.54, 1.807) is 0 Å². The number of rotatable bonds is 5. The largest absolute Gasteiger partial charge is 0.311 e. The number of nitrogens with one attached hydrogen (secondary N) is 1. The highest BCUT2D eigenvalue weighted by Gasteiger charge is 2.33. The van der Waals surface area contributed by atoms with E-state index in [-0.39, 0.29) is 0 Å². The molecule has 5 heteroatoms. The van der Waals surface area contributed by atoms with Crippen LogP contribution in [0.1, 0.15) is 25.0 Å².